The molecule has 27 heavy (non-hydrogen) atoms. The maximum atomic E-state index is 9.62. The normalized spacial score (nSPS) is 19.4. The molecule has 0 fully saturated rings. The lowest BCUT2D eigenvalue weighted by Gasteiger charge is -2.38. The Hall–Kier alpha value is -3.05. The highest BCUT2D eigenvalue weighted by Crippen LogP contribution is 2.40. The van der Waals surface area contributed by atoms with E-state index < -0.39 is 24.5 Å². The lowest BCUT2D eigenvalue weighted by Crippen LogP contribution is -2.43. The summed E-state index contributed by atoms with van der Waals surface area (Å²) in [7, 11) is 0. The first-order chi connectivity index (χ1) is 13.1. The highest BCUT2D eigenvalue weighted by Gasteiger charge is 2.42. The summed E-state index contributed by atoms with van der Waals surface area (Å²) >= 11 is 0. The molecule has 0 radical (unpaired) electrons. The highest BCUT2D eigenvalue weighted by molar-refractivity contribution is 5.31. The summed E-state index contributed by atoms with van der Waals surface area (Å²) < 4.78 is 11.2. The van der Waals surface area contributed by atoms with E-state index in [1.807, 2.05) is 49.1 Å². The van der Waals surface area contributed by atoms with Gasteiger partial charge in [0.1, 0.15) is 24.3 Å². The first-order valence-corrected chi connectivity index (χ1v) is 8.87. The molecule has 1 aromatic carbocycles. The molecular formula is C20H23N5O2. The van der Waals surface area contributed by atoms with Crippen LogP contribution in [-0.2, 0) is 9.47 Å². The van der Waals surface area contributed by atoms with E-state index in [9.17, 15) is 15.8 Å². The fraction of sp³-hybridized carbons (Fsp3) is 0.450. The summed E-state index contributed by atoms with van der Waals surface area (Å²) in [5, 5.41) is 28.8. The molecule has 4 unspecified atom stereocenters. The zero-order valence-corrected chi connectivity index (χ0v) is 15.7. The fourth-order valence-corrected chi connectivity index (χ4v) is 3.13. The van der Waals surface area contributed by atoms with E-state index in [0.717, 1.165) is 5.56 Å². The second-order valence-corrected chi connectivity index (χ2v) is 5.90. The molecule has 0 bridgehead atoms. The largest absolute Gasteiger partial charge is 0.357 e. The third kappa shape index (κ3) is 4.20. The molecule has 7 nitrogen and oxygen atoms in total. The Morgan fingerprint density at radius 1 is 1.00 bits per heavy atom. The average Bonchev–Trinajstić information content (AvgIpc) is 3.10. The first kappa shape index (κ1) is 20.3. The van der Waals surface area contributed by atoms with Crippen molar-refractivity contribution in [3.63, 3.8) is 0 Å². The van der Waals surface area contributed by atoms with Gasteiger partial charge >= 0.3 is 0 Å². The van der Waals surface area contributed by atoms with Gasteiger partial charge in [-0.25, -0.2) is 0 Å². The smallest absolute Gasteiger partial charge is 0.221 e. The first-order valence-electron chi connectivity index (χ1n) is 8.87. The van der Waals surface area contributed by atoms with E-state index in [2.05, 4.69) is 18.2 Å². The molecular weight excluding hydrogens is 342 g/mol. The molecule has 0 aliphatic carbocycles. The van der Waals surface area contributed by atoms with Crippen molar-refractivity contribution in [3.8, 4) is 18.2 Å². The summed E-state index contributed by atoms with van der Waals surface area (Å²) in [6.07, 6.45) is -0.447. The van der Waals surface area contributed by atoms with Crippen LogP contribution in [0.4, 0.5) is 0 Å². The third-order valence-electron chi connectivity index (χ3n) is 4.25. The molecule has 2 rings (SSSR count). The zero-order chi connectivity index (χ0) is 19.8. The van der Waals surface area contributed by atoms with Gasteiger partial charge in [0.25, 0.3) is 0 Å². The molecule has 1 aromatic rings. The van der Waals surface area contributed by atoms with Gasteiger partial charge < -0.3 is 19.3 Å². The van der Waals surface area contributed by atoms with E-state index in [0.29, 0.717) is 18.9 Å². The molecule has 1 heterocycles. The fourth-order valence-electron chi connectivity index (χ4n) is 3.13. The van der Waals surface area contributed by atoms with E-state index in [1.165, 1.54) is 0 Å². The van der Waals surface area contributed by atoms with Crippen LogP contribution in [0.5, 0.6) is 0 Å². The molecule has 0 saturated carbocycles. The monoisotopic (exact) mass is 365 g/mol. The SMILES string of the molecule is CCOC(C#N)C1=CN(C(C#N)OCC)C(c2ccccc2)N1C(C)C#N. The number of benzene rings is 1. The van der Waals surface area contributed by atoms with Gasteiger partial charge in [-0.3, -0.25) is 0 Å². The average molecular weight is 365 g/mol. The van der Waals surface area contributed by atoms with Crippen molar-refractivity contribution in [2.24, 2.45) is 0 Å². The Bertz CT molecular complexity index is 774. The Morgan fingerprint density at radius 2 is 1.67 bits per heavy atom. The zero-order valence-electron chi connectivity index (χ0n) is 15.7. The molecule has 140 valence electrons. The van der Waals surface area contributed by atoms with Gasteiger partial charge in [-0.15, -0.1) is 0 Å². The Labute approximate surface area is 160 Å². The van der Waals surface area contributed by atoms with Crippen LogP contribution in [0, 0.1) is 34.0 Å². The van der Waals surface area contributed by atoms with Crippen molar-refractivity contribution in [3.05, 3.63) is 47.8 Å². The standard InChI is InChI=1S/C20H23N5O2/c1-4-26-18(12-22)17-14-24(19(13-23)27-5-2)20(25(17)15(3)11-21)16-9-7-6-8-10-16/h6-10,14-15,18-20H,4-5H2,1-3H3. The lowest BCUT2D eigenvalue weighted by atomic mass is 10.1. The summed E-state index contributed by atoms with van der Waals surface area (Å²) in [5.41, 5.74) is 1.43. The maximum Gasteiger partial charge on any atom is 0.221 e. The molecule has 4 atom stereocenters. The summed E-state index contributed by atoms with van der Waals surface area (Å²) in [6.45, 7) is 6.10. The number of nitriles is 3. The van der Waals surface area contributed by atoms with Crippen LogP contribution in [0.1, 0.15) is 32.5 Å². The number of rotatable bonds is 8. The summed E-state index contributed by atoms with van der Waals surface area (Å²) in [6, 6.07) is 15.5. The second-order valence-electron chi connectivity index (χ2n) is 5.90. The van der Waals surface area contributed by atoms with Crippen molar-refractivity contribution in [1.82, 2.24) is 9.80 Å². The quantitative estimate of drug-likeness (QED) is 0.699. The summed E-state index contributed by atoms with van der Waals surface area (Å²) in [4.78, 5) is 3.56. The minimum absolute atomic E-state index is 0.355. The topological polar surface area (TPSA) is 96.3 Å². The van der Waals surface area contributed by atoms with E-state index in [1.54, 1.807) is 18.0 Å². The summed E-state index contributed by atoms with van der Waals surface area (Å²) in [5.74, 6) is 0. The van der Waals surface area contributed by atoms with E-state index in [-0.39, 0.29) is 0 Å². The molecule has 1 aliphatic rings. The lowest BCUT2D eigenvalue weighted by molar-refractivity contribution is -0.0368. The van der Waals surface area contributed by atoms with E-state index >= 15 is 0 Å². The Morgan fingerprint density at radius 3 is 2.19 bits per heavy atom. The minimum Gasteiger partial charge on any atom is -0.357 e. The minimum atomic E-state index is -0.855. The van der Waals surface area contributed by atoms with Crippen LogP contribution in [0.2, 0.25) is 0 Å². The molecule has 1 aliphatic heterocycles. The van der Waals surface area contributed by atoms with Gasteiger partial charge in [0.05, 0.1) is 11.8 Å². The van der Waals surface area contributed by atoms with Crippen molar-refractivity contribution in [2.45, 2.75) is 45.3 Å². The number of nitrogens with zero attached hydrogens (tertiary/aromatic N) is 5. The van der Waals surface area contributed by atoms with Crippen LogP contribution >= 0.6 is 0 Å². The molecule has 0 amide bonds. The molecule has 0 N–H and O–H groups in total. The van der Waals surface area contributed by atoms with Crippen LogP contribution < -0.4 is 0 Å². The molecule has 7 heteroatoms. The molecule has 0 spiro atoms. The van der Waals surface area contributed by atoms with Gasteiger partial charge in [-0.05, 0) is 26.3 Å². The number of ether oxygens (including phenoxy) is 2. The van der Waals surface area contributed by atoms with Crippen LogP contribution in [0.3, 0.4) is 0 Å². The maximum absolute atomic E-state index is 9.62. The Balaban J connectivity index is 2.59. The molecule has 0 saturated heterocycles. The highest BCUT2D eigenvalue weighted by atomic mass is 16.5. The van der Waals surface area contributed by atoms with Crippen LogP contribution in [-0.4, -0.2) is 41.4 Å². The van der Waals surface area contributed by atoms with Gasteiger partial charge in [0, 0.05) is 19.4 Å². The van der Waals surface area contributed by atoms with Gasteiger partial charge in [-0.2, -0.15) is 15.8 Å². The van der Waals surface area contributed by atoms with Crippen molar-refractivity contribution in [1.29, 1.82) is 15.8 Å². The van der Waals surface area contributed by atoms with Crippen molar-refractivity contribution in [2.75, 3.05) is 13.2 Å². The number of hydrogen-bond acceptors (Lipinski definition) is 7. The predicted molar refractivity (Wildman–Crippen MR) is 98.1 cm³/mol. The van der Waals surface area contributed by atoms with Crippen molar-refractivity contribution >= 4 is 0 Å². The van der Waals surface area contributed by atoms with Crippen molar-refractivity contribution < 1.29 is 9.47 Å². The van der Waals surface area contributed by atoms with Crippen LogP contribution in [0.15, 0.2) is 42.2 Å². The predicted octanol–water partition coefficient (Wildman–Crippen LogP) is 2.87. The van der Waals surface area contributed by atoms with Gasteiger partial charge in [0.15, 0.2) is 6.10 Å². The molecule has 0 aromatic heterocycles. The van der Waals surface area contributed by atoms with E-state index in [4.69, 9.17) is 9.47 Å². The van der Waals surface area contributed by atoms with Gasteiger partial charge in [-0.1, -0.05) is 30.3 Å². The van der Waals surface area contributed by atoms with Crippen LogP contribution in [0.25, 0.3) is 0 Å². The Kier molecular flexibility index (Phi) is 7.20. The number of hydrogen-bond donors (Lipinski definition) is 0. The third-order valence-corrected chi connectivity index (χ3v) is 4.25. The van der Waals surface area contributed by atoms with Gasteiger partial charge in [0.2, 0.25) is 6.23 Å². The second kappa shape index (κ2) is 9.59.